The first-order valence-corrected chi connectivity index (χ1v) is 4.71. The summed E-state index contributed by atoms with van der Waals surface area (Å²) in [4.78, 5) is 11.1. The minimum Gasteiger partial charge on any atom is -0.467 e. The molecule has 4 nitrogen and oxygen atoms in total. The molecule has 2 rings (SSSR count). The van der Waals surface area contributed by atoms with Crippen LogP contribution in [0.2, 0.25) is 0 Å². The summed E-state index contributed by atoms with van der Waals surface area (Å²) >= 11 is 0. The molecule has 0 spiro atoms. The Balaban J connectivity index is 2.12. The van der Waals surface area contributed by atoms with E-state index in [0.29, 0.717) is 5.56 Å². The number of rotatable bonds is 2. The van der Waals surface area contributed by atoms with Gasteiger partial charge in [-0.2, -0.15) is 0 Å². The van der Waals surface area contributed by atoms with Gasteiger partial charge in [0, 0.05) is 0 Å². The molecule has 1 saturated heterocycles. The van der Waals surface area contributed by atoms with Crippen LogP contribution in [0.4, 0.5) is 0 Å². The van der Waals surface area contributed by atoms with Crippen LogP contribution < -0.4 is 5.32 Å². The first-order chi connectivity index (χ1) is 6.81. The normalized spacial score (nSPS) is 21.1. The maximum absolute atomic E-state index is 11.1. The van der Waals surface area contributed by atoms with Gasteiger partial charge in [-0.25, -0.2) is 4.79 Å². The van der Waals surface area contributed by atoms with E-state index >= 15 is 0 Å². The van der Waals surface area contributed by atoms with Gasteiger partial charge in [-0.05, 0) is 25.5 Å². The molecule has 1 N–H and O–H groups in total. The number of carbonyl (C=O) groups excluding carboxylic acids is 1. The minimum atomic E-state index is -0.349. The lowest BCUT2D eigenvalue weighted by atomic mass is 10.1. The smallest absolute Gasteiger partial charge is 0.341 e. The van der Waals surface area contributed by atoms with Gasteiger partial charge in [0.05, 0.1) is 18.7 Å². The van der Waals surface area contributed by atoms with Gasteiger partial charge in [-0.15, -0.1) is 0 Å². The van der Waals surface area contributed by atoms with Gasteiger partial charge in [0.2, 0.25) is 0 Å². The first-order valence-electron chi connectivity index (χ1n) is 4.71. The van der Waals surface area contributed by atoms with Crippen molar-refractivity contribution < 1.29 is 13.9 Å². The van der Waals surface area contributed by atoms with Crippen molar-refractivity contribution in [3.63, 3.8) is 0 Å². The third-order valence-electron chi connectivity index (χ3n) is 2.44. The number of methoxy groups -OCH3 is 1. The number of esters is 1. The van der Waals surface area contributed by atoms with Gasteiger partial charge in [-0.3, -0.25) is 0 Å². The number of carbonyl (C=O) groups is 1. The molecule has 1 atom stereocenters. The third kappa shape index (κ3) is 1.65. The molecule has 0 saturated carbocycles. The van der Waals surface area contributed by atoms with E-state index in [-0.39, 0.29) is 12.0 Å². The van der Waals surface area contributed by atoms with Gasteiger partial charge in [-0.1, -0.05) is 0 Å². The molecule has 1 aromatic rings. The molecule has 0 aliphatic carbocycles. The van der Waals surface area contributed by atoms with Crippen molar-refractivity contribution >= 4 is 5.97 Å². The summed E-state index contributed by atoms with van der Waals surface area (Å²) in [6.45, 7) is 1.01. The van der Waals surface area contributed by atoms with Crippen LogP contribution in [0.25, 0.3) is 0 Å². The second kappa shape index (κ2) is 3.84. The van der Waals surface area contributed by atoms with E-state index in [0.717, 1.165) is 25.1 Å². The van der Waals surface area contributed by atoms with Crippen LogP contribution in [0.1, 0.15) is 35.0 Å². The zero-order chi connectivity index (χ0) is 9.97. The maximum Gasteiger partial charge on any atom is 0.341 e. The monoisotopic (exact) mass is 195 g/mol. The predicted molar refractivity (Wildman–Crippen MR) is 50.0 cm³/mol. The standard InChI is InChI=1S/C10H13NO3/c1-13-10(12)7-5-9(14-6-7)8-3-2-4-11-8/h5-6,8,11H,2-4H2,1H3/t8-/m1/s1. The first kappa shape index (κ1) is 9.27. The van der Waals surface area contributed by atoms with Gasteiger partial charge in [0.15, 0.2) is 0 Å². The van der Waals surface area contributed by atoms with E-state index in [1.807, 2.05) is 0 Å². The van der Waals surface area contributed by atoms with E-state index in [1.165, 1.54) is 13.4 Å². The Morgan fingerprint density at radius 2 is 2.57 bits per heavy atom. The van der Waals surface area contributed by atoms with Crippen LogP contribution in [0, 0.1) is 0 Å². The Bertz CT molecular complexity index is 326. The maximum atomic E-state index is 11.1. The highest BCUT2D eigenvalue weighted by Gasteiger charge is 2.21. The molecular formula is C10H13NO3. The molecule has 1 aliphatic heterocycles. The Labute approximate surface area is 82.2 Å². The Morgan fingerprint density at radius 3 is 3.21 bits per heavy atom. The van der Waals surface area contributed by atoms with Gasteiger partial charge in [0.1, 0.15) is 12.0 Å². The van der Waals surface area contributed by atoms with Crippen molar-refractivity contribution in [1.82, 2.24) is 5.32 Å². The van der Waals surface area contributed by atoms with Gasteiger partial charge in [0.25, 0.3) is 0 Å². The number of hydrogen-bond acceptors (Lipinski definition) is 4. The lowest BCUT2D eigenvalue weighted by molar-refractivity contribution is 0.0600. The fourth-order valence-electron chi connectivity index (χ4n) is 1.69. The Hall–Kier alpha value is -1.29. The van der Waals surface area contributed by atoms with Gasteiger partial charge < -0.3 is 14.5 Å². The molecule has 1 aromatic heterocycles. The van der Waals surface area contributed by atoms with Crippen molar-refractivity contribution in [1.29, 1.82) is 0 Å². The average Bonchev–Trinajstić information content (AvgIpc) is 2.86. The summed E-state index contributed by atoms with van der Waals surface area (Å²) in [5.41, 5.74) is 0.483. The van der Waals surface area contributed by atoms with Crippen LogP contribution in [0.5, 0.6) is 0 Å². The Kier molecular flexibility index (Phi) is 2.54. The molecular weight excluding hydrogens is 182 g/mol. The number of nitrogens with one attached hydrogen (secondary N) is 1. The molecule has 4 heteroatoms. The molecule has 2 heterocycles. The van der Waals surface area contributed by atoms with E-state index in [4.69, 9.17) is 4.42 Å². The fourth-order valence-corrected chi connectivity index (χ4v) is 1.69. The van der Waals surface area contributed by atoms with Crippen LogP contribution >= 0.6 is 0 Å². The van der Waals surface area contributed by atoms with Crippen molar-refractivity contribution in [2.24, 2.45) is 0 Å². The van der Waals surface area contributed by atoms with E-state index in [9.17, 15) is 4.79 Å². The number of furan rings is 1. The Morgan fingerprint density at radius 1 is 1.71 bits per heavy atom. The summed E-state index contributed by atoms with van der Waals surface area (Å²) < 4.78 is 9.90. The molecule has 0 amide bonds. The summed E-state index contributed by atoms with van der Waals surface area (Å²) in [5, 5.41) is 3.30. The summed E-state index contributed by atoms with van der Waals surface area (Å²) in [5.74, 6) is 0.473. The van der Waals surface area contributed by atoms with E-state index < -0.39 is 0 Å². The quantitative estimate of drug-likeness (QED) is 0.726. The number of ether oxygens (including phenoxy) is 1. The van der Waals surface area contributed by atoms with Crippen molar-refractivity contribution in [2.75, 3.05) is 13.7 Å². The van der Waals surface area contributed by atoms with Gasteiger partial charge >= 0.3 is 5.97 Å². The molecule has 0 unspecified atom stereocenters. The highest BCUT2D eigenvalue weighted by atomic mass is 16.5. The van der Waals surface area contributed by atoms with E-state index in [1.54, 1.807) is 6.07 Å². The lowest BCUT2D eigenvalue weighted by Crippen LogP contribution is -2.11. The molecule has 0 radical (unpaired) electrons. The predicted octanol–water partition coefficient (Wildman–Crippen LogP) is 1.49. The molecule has 1 fully saturated rings. The number of hydrogen-bond donors (Lipinski definition) is 1. The second-order valence-corrected chi connectivity index (χ2v) is 3.38. The topological polar surface area (TPSA) is 51.5 Å². The van der Waals surface area contributed by atoms with Crippen LogP contribution in [-0.2, 0) is 4.74 Å². The van der Waals surface area contributed by atoms with Crippen LogP contribution in [0.15, 0.2) is 16.7 Å². The third-order valence-corrected chi connectivity index (χ3v) is 2.44. The van der Waals surface area contributed by atoms with Crippen molar-refractivity contribution in [2.45, 2.75) is 18.9 Å². The zero-order valence-electron chi connectivity index (χ0n) is 8.08. The molecule has 0 aromatic carbocycles. The SMILES string of the molecule is COC(=O)c1coc([C@H]2CCCN2)c1. The molecule has 1 aliphatic rings. The molecule has 14 heavy (non-hydrogen) atoms. The minimum absolute atomic E-state index is 0.258. The van der Waals surface area contributed by atoms with Crippen molar-refractivity contribution in [3.05, 3.63) is 23.7 Å². The molecule has 76 valence electrons. The van der Waals surface area contributed by atoms with E-state index in [2.05, 4.69) is 10.1 Å². The van der Waals surface area contributed by atoms with Crippen LogP contribution in [-0.4, -0.2) is 19.6 Å². The average molecular weight is 195 g/mol. The molecule has 0 bridgehead atoms. The second-order valence-electron chi connectivity index (χ2n) is 3.38. The van der Waals surface area contributed by atoms with Crippen LogP contribution in [0.3, 0.4) is 0 Å². The largest absolute Gasteiger partial charge is 0.467 e. The lowest BCUT2D eigenvalue weighted by Gasteiger charge is -2.04. The summed E-state index contributed by atoms with van der Waals surface area (Å²) in [6, 6.07) is 2.00. The summed E-state index contributed by atoms with van der Waals surface area (Å²) in [7, 11) is 1.36. The van der Waals surface area contributed by atoms with Crippen molar-refractivity contribution in [3.8, 4) is 0 Å². The highest BCUT2D eigenvalue weighted by molar-refractivity contribution is 5.89. The zero-order valence-corrected chi connectivity index (χ0v) is 8.08. The summed E-state index contributed by atoms with van der Waals surface area (Å²) in [6.07, 6.45) is 3.66. The highest BCUT2D eigenvalue weighted by Crippen LogP contribution is 2.24. The fraction of sp³-hybridized carbons (Fsp3) is 0.500.